The second-order valence-electron chi connectivity index (χ2n) is 5.30. The Bertz CT molecular complexity index is 450. The number of amides is 1. The van der Waals surface area contributed by atoms with E-state index in [0.717, 1.165) is 12.1 Å². The van der Waals surface area contributed by atoms with Gasteiger partial charge < -0.3 is 15.4 Å². The number of benzene rings is 1. The van der Waals surface area contributed by atoms with Crippen molar-refractivity contribution in [3.63, 3.8) is 0 Å². The SMILES string of the molecule is CCNC(=O)CCOc1c(F)cccc1CNCC(C)C. The molecule has 0 aliphatic rings. The normalized spacial score (nSPS) is 10.7. The molecule has 0 fully saturated rings. The Morgan fingerprint density at radius 3 is 2.81 bits per heavy atom. The van der Waals surface area contributed by atoms with Crippen molar-refractivity contribution in [1.29, 1.82) is 0 Å². The zero-order chi connectivity index (χ0) is 15.7. The van der Waals surface area contributed by atoms with Crippen molar-refractivity contribution in [2.24, 2.45) is 5.92 Å². The molecule has 2 N–H and O–H groups in total. The summed E-state index contributed by atoms with van der Waals surface area (Å²) in [5, 5.41) is 5.95. The summed E-state index contributed by atoms with van der Waals surface area (Å²) in [6.07, 6.45) is 0.223. The summed E-state index contributed by atoms with van der Waals surface area (Å²) in [7, 11) is 0. The Balaban J connectivity index is 2.56. The lowest BCUT2D eigenvalue weighted by molar-refractivity contribution is -0.121. The van der Waals surface area contributed by atoms with Crippen molar-refractivity contribution in [2.75, 3.05) is 19.7 Å². The third-order valence-electron chi connectivity index (χ3n) is 2.87. The van der Waals surface area contributed by atoms with Crippen molar-refractivity contribution >= 4 is 5.91 Å². The molecule has 0 aliphatic carbocycles. The number of ether oxygens (including phenoxy) is 1. The maximum atomic E-state index is 13.9. The predicted molar refractivity (Wildman–Crippen MR) is 81.7 cm³/mol. The molecule has 0 aliphatic heterocycles. The monoisotopic (exact) mass is 296 g/mol. The van der Waals surface area contributed by atoms with Gasteiger partial charge in [0.2, 0.25) is 5.91 Å². The highest BCUT2D eigenvalue weighted by molar-refractivity contribution is 5.75. The molecule has 0 saturated carbocycles. The fraction of sp³-hybridized carbons (Fsp3) is 0.562. The number of para-hydroxylation sites is 1. The van der Waals surface area contributed by atoms with E-state index in [1.165, 1.54) is 6.07 Å². The van der Waals surface area contributed by atoms with Crippen LogP contribution in [-0.2, 0) is 11.3 Å². The summed E-state index contributed by atoms with van der Waals surface area (Å²) in [5.74, 6) is 0.279. The van der Waals surface area contributed by atoms with Crippen molar-refractivity contribution < 1.29 is 13.9 Å². The Morgan fingerprint density at radius 2 is 2.14 bits per heavy atom. The van der Waals surface area contributed by atoms with Crippen LogP contribution in [0.5, 0.6) is 5.75 Å². The van der Waals surface area contributed by atoms with Crippen LogP contribution in [0.4, 0.5) is 4.39 Å². The Morgan fingerprint density at radius 1 is 1.38 bits per heavy atom. The number of hydrogen-bond acceptors (Lipinski definition) is 3. The highest BCUT2D eigenvalue weighted by Crippen LogP contribution is 2.22. The molecular formula is C16H25FN2O2. The second-order valence-corrected chi connectivity index (χ2v) is 5.30. The molecule has 0 aromatic heterocycles. The minimum absolute atomic E-state index is 0.0895. The Hall–Kier alpha value is -1.62. The van der Waals surface area contributed by atoms with Gasteiger partial charge in [0.25, 0.3) is 0 Å². The summed E-state index contributed by atoms with van der Waals surface area (Å²) in [6, 6.07) is 4.86. The van der Waals surface area contributed by atoms with Gasteiger partial charge >= 0.3 is 0 Å². The van der Waals surface area contributed by atoms with Gasteiger partial charge in [-0.3, -0.25) is 4.79 Å². The molecule has 5 heteroatoms. The average Bonchev–Trinajstić information content (AvgIpc) is 2.41. The van der Waals surface area contributed by atoms with E-state index in [-0.39, 0.29) is 24.7 Å². The molecule has 0 spiro atoms. The Labute approximate surface area is 126 Å². The molecule has 118 valence electrons. The van der Waals surface area contributed by atoms with Gasteiger partial charge in [0.15, 0.2) is 11.6 Å². The molecule has 1 aromatic rings. The molecule has 1 rings (SSSR count). The number of hydrogen-bond donors (Lipinski definition) is 2. The van der Waals surface area contributed by atoms with E-state index in [2.05, 4.69) is 24.5 Å². The van der Waals surface area contributed by atoms with Gasteiger partial charge in [0.05, 0.1) is 13.0 Å². The fourth-order valence-electron chi connectivity index (χ4n) is 1.88. The minimum Gasteiger partial charge on any atom is -0.490 e. The molecule has 21 heavy (non-hydrogen) atoms. The van der Waals surface area contributed by atoms with Crippen LogP contribution < -0.4 is 15.4 Å². The van der Waals surface area contributed by atoms with E-state index in [0.29, 0.717) is 19.0 Å². The minimum atomic E-state index is -0.394. The van der Waals surface area contributed by atoms with Gasteiger partial charge in [-0.15, -0.1) is 0 Å². The zero-order valence-corrected chi connectivity index (χ0v) is 13.0. The summed E-state index contributed by atoms with van der Waals surface area (Å²) < 4.78 is 19.3. The van der Waals surface area contributed by atoms with Gasteiger partial charge in [-0.25, -0.2) is 4.39 Å². The van der Waals surface area contributed by atoms with Gasteiger partial charge in [-0.1, -0.05) is 26.0 Å². The largest absolute Gasteiger partial charge is 0.490 e. The summed E-state index contributed by atoms with van der Waals surface area (Å²) in [6.45, 7) is 8.24. The van der Waals surface area contributed by atoms with E-state index in [4.69, 9.17) is 4.74 Å². The molecule has 4 nitrogen and oxygen atoms in total. The average molecular weight is 296 g/mol. The first kappa shape index (κ1) is 17.4. The third kappa shape index (κ3) is 6.58. The molecule has 1 aromatic carbocycles. The van der Waals surface area contributed by atoms with E-state index < -0.39 is 5.82 Å². The van der Waals surface area contributed by atoms with Crippen LogP contribution in [0.2, 0.25) is 0 Å². The van der Waals surface area contributed by atoms with Crippen molar-refractivity contribution in [2.45, 2.75) is 33.7 Å². The third-order valence-corrected chi connectivity index (χ3v) is 2.87. The summed E-state index contributed by atoms with van der Waals surface area (Å²) >= 11 is 0. The van der Waals surface area contributed by atoms with Gasteiger partial charge in [0.1, 0.15) is 0 Å². The number of halogens is 1. The van der Waals surface area contributed by atoms with Crippen molar-refractivity contribution in [1.82, 2.24) is 10.6 Å². The molecule has 0 radical (unpaired) electrons. The van der Waals surface area contributed by atoms with Gasteiger partial charge in [-0.2, -0.15) is 0 Å². The number of rotatable bonds is 9. The van der Waals surface area contributed by atoms with Crippen molar-refractivity contribution in [3.8, 4) is 5.75 Å². The molecular weight excluding hydrogens is 271 g/mol. The van der Waals surface area contributed by atoms with E-state index in [1.807, 2.05) is 13.0 Å². The van der Waals surface area contributed by atoms with Crippen LogP contribution in [0.25, 0.3) is 0 Å². The molecule has 0 saturated heterocycles. The van der Waals surface area contributed by atoms with E-state index >= 15 is 0 Å². The van der Waals surface area contributed by atoms with Crippen molar-refractivity contribution in [3.05, 3.63) is 29.6 Å². The first-order valence-corrected chi connectivity index (χ1v) is 7.42. The number of carbonyl (C=O) groups is 1. The standard InChI is InChI=1S/C16H25FN2O2/c1-4-19-15(20)8-9-21-16-13(6-5-7-14(16)17)11-18-10-12(2)3/h5-7,12,18H,4,8-11H2,1-3H3,(H,19,20). The maximum Gasteiger partial charge on any atom is 0.223 e. The predicted octanol–water partition coefficient (Wildman–Crippen LogP) is 2.48. The molecule has 0 bridgehead atoms. The molecule has 0 heterocycles. The van der Waals surface area contributed by atoms with Crippen LogP contribution in [0.15, 0.2) is 18.2 Å². The quantitative estimate of drug-likeness (QED) is 0.736. The lowest BCUT2D eigenvalue weighted by Crippen LogP contribution is -2.24. The first-order valence-electron chi connectivity index (χ1n) is 7.42. The van der Waals surface area contributed by atoms with Crippen LogP contribution >= 0.6 is 0 Å². The highest BCUT2D eigenvalue weighted by Gasteiger charge is 2.10. The topological polar surface area (TPSA) is 50.4 Å². The Kier molecular flexibility index (Phi) is 7.75. The summed E-state index contributed by atoms with van der Waals surface area (Å²) in [4.78, 5) is 11.4. The second kappa shape index (κ2) is 9.34. The molecule has 1 amide bonds. The van der Waals surface area contributed by atoms with E-state index in [1.54, 1.807) is 6.07 Å². The first-order chi connectivity index (χ1) is 10.0. The zero-order valence-electron chi connectivity index (χ0n) is 13.0. The van der Waals surface area contributed by atoms with Gasteiger partial charge in [-0.05, 0) is 25.5 Å². The number of carbonyl (C=O) groups excluding carboxylic acids is 1. The lowest BCUT2D eigenvalue weighted by atomic mass is 10.1. The number of nitrogens with one attached hydrogen (secondary N) is 2. The molecule has 0 unspecified atom stereocenters. The highest BCUT2D eigenvalue weighted by atomic mass is 19.1. The van der Waals surface area contributed by atoms with Crippen LogP contribution in [0.1, 0.15) is 32.8 Å². The fourth-order valence-corrected chi connectivity index (χ4v) is 1.88. The van der Waals surface area contributed by atoms with Gasteiger partial charge in [0, 0.05) is 18.7 Å². The van der Waals surface area contributed by atoms with Crippen LogP contribution in [0, 0.1) is 11.7 Å². The smallest absolute Gasteiger partial charge is 0.223 e. The van der Waals surface area contributed by atoms with Crippen LogP contribution in [-0.4, -0.2) is 25.6 Å². The lowest BCUT2D eigenvalue weighted by Gasteiger charge is -2.14. The van der Waals surface area contributed by atoms with E-state index in [9.17, 15) is 9.18 Å². The summed E-state index contributed by atoms with van der Waals surface area (Å²) in [5.41, 5.74) is 0.770. The maximum absolute atomic E-state index is 13.9. The molecule has 0 atom stereocenters. The van der Waals surface area contributed by atoms with Crippen LogP contribution in [0.3, 0.4) is 0 Å².